The molecule has 14 heavy (non-hydrogen) atoms. The van der Waals surface area contributed by atoms with Crippen LogP contribution in [0, 0.1) is 6.92 Å². The number of aryl methyl sites for hydroxylation is 1. The van der Waals surface area contributed by atoms with Crippen molar-refractivity contribution >= 4 is 5.91 Å². The number of amides is 1. The van der Waals surface area contributed by atoms with Crippen molar-refractivity contribution in [3.05, 3.63) is 11.7 Å². The Kier molecular flexibility index (Phi) is 2.85. The average Bonchev–Trinajstić information content (AvgIpc) is 2.45. The Morgan fingerprint density at radius 3 is 2.71 bits per heavy atom. The van der Waals surface area contributed by atoms with Crippen LogP contribution in [0.1, 0.15) is 25.6 Å². The van der Waals surface area contributed by atoms with Crippen LogP contribution in [-0.2, 0) is 11.3 Å². The number of carbonyl (C=O) groups is 1. The number of hydrogen-bond acceptors (Lipinski definition) is 5. The first kappa shape index (κ1) is 10.6. The summed E-state index contributed by atoms with van der Waals surface area (Å²) >= 11 is 0. The molecule has 6 heteroatoms. The maximum Gasteiger partial charge on any atom is 0.246 e. The van der Waals surface area contributed by atoms with Crippen LogP contribution >= 0.6 is 0 Å². The van der Waals surface area contributed by atoms with E-state index in [0.29, 0.717) is 11.7 Å². The van der Waals surface area contributed by atoms with E-state index in [-0.39, 0.29) is 12.5 Å². The molecule has 6 nitrogen and oxygen atoms in total. The molecule has 0 saturated carbocycles. The predicted molar refractivity (Wildman–Crippen MR) is 49.1 cm³/mol. The summed E-state index contributed by atoms with van der Waals surface area (Å²) in [4.78, 5) is 15.3. The molecular formula is C8H14N4O2. The van der Waals surface area contributed by atoms with Gasteiger partial charge in [0, 0.05) is 0 Å². The van der Waals surface area contributed by atoms with Crippen LogP contribution in [0.5, 0.6) is 0 Å². The van der Waals surface area contributed by atoms with Gasteiger partial charge in [0.2, 0.25) is 11.8 Å². The van der Waals surface area contributed by atoms with Gasteiger partial charge >= 0.3 is 0 Å². The number of carbonyl (C=O) groups excluding carboxylic acids is 1. The third kappa shape index (κ3) is 2.81. The Bertz CT molecular complexity index is 326. The summed E-state index contributed by atoms with van der Waals surface area (Å²) in [5.41, 5.74) is 4.68. The largest absolute Gasteiger partial charge is 0.345 e. The van der Waals surface area contributed by atoms with E-state index in [9.17, 15) is 4.79 Å². The van der Waals surface area contributed by atoms with Gasteiger partial charge in [-0.3, -0.25) is 4.79 Å². The van der Waals surface area contributed by atoms with E-state index in [2.05, 4.69) is 15.5 Å². The normalized spacial score (nSPS) is 11.4. The maximum absolute atomic E-state index is 11.3. The quantitative estimate of drug-likeness (QED) is 0.697. The molecule has 0 saturated heterocycles. The van der Waals surface area contributed by atoms with Crippen LogP contribution in [0.3, 0.4) is 0 Å². The molecule has 0 radical (unpaired) electrons. The zero-order valence-corrected chi connectivity index (χ0v) is 8.50. The number of aromatic nitrogens is 2. The Morgan fingerprint density at radius 2 is 2.29 bits per heavy atom. The molecule has 78 valence electrons. The van der Waals surface area contributed by atoms with Crippen LogP contribution < -0.4 is 11.1 Å². The fourth-order valence-corrected chi connectivity index (χ4v) is 0.796. The number of rotatable bonds is 3. The van der Waals surface area contributed by atoms with Crippen LogP contribution in [-0.4, -0.2) is 21.6 Å². The molecule has 0 aromatic carbocycles. The smallest absolute Gasteiger partial charge is 0.246 e. The monoisotopic (exact) mass is 198 g/mol. The molecule has 0 bridgehead atoms. The Labute approximate surface area is 81.9 Å². The molecule has 0 atom stereocenters. The lowest BCUT2D eigenvalue weighted by Crippen LogP contribution is -2.48. The molecule has 1 rings (SSSR count). The van der Waals surface area contributed by atoms with Crippen molar-refractivity contribution in [1.82, 2.24) is 15.5 Å². The first-order valence-corrected chi connectivity index (χ1v) is 4.26. The van der Waals surface area contributed by atoms with E-state index in [1.807, 2.05) is 0 Å². The number of nitrogens with two attached hydrogens (primary N) is 1. The fourth-order valence-electron chi connectivity index (χ4n) is 0.796. The predicted octanol–water partition coefficient (Wildman–Crippen LogP) is -0.268. The summed E-state index contributed by atoms with van der Waals surface area (Å²) in [5, 5.41) is 6.18. The highest BCUT2D eigenvalue weighted by Crippen LogP contribution is 1.98. The second-order valence-corrected chi connectivity index (χ2v) is 3.64. The fraction of sp³-hybridized carbons (Fsp3) is 0.625. The summed E-state index contributed by atoms with van der Waals surface area (Å²) in [6, 6.07) is 0. The number of nitrogens with zero attached hydrogens (tertiary/aromatic N) is 2. The van der Waals surface area contributed by atoms with Gasteiger partial charge in [0.15, 0.2) is 5.82 Å². The van der Waals surface area contributed by atoms with Gasteiger partial charge in [-0.25, -0.2) is 0 Å². The molecule has 0 fully saturated rings. The lowest BCUT2D eigenvalue weighted by molar-refractivity contribution is -0.125. The SMILES string of the molecule is Cc1noc(CNC(=O)C(C)(C)N)n1. The van der Waals surface area contributed by atoms with E-state index in [1.54, 1.807) is 20.8 Å². The summed E-state index contributed by atoms with van der Waals surface area (Å²) in [7, 11) is 0. The molecule has 1 aromatic heterocycles. The van der Waals surface area contributed by atoms with Crippen molar-refractivity contribution in [1.29, 1.82) is 0 Å². The third-order valence-corrected chi connectivity index (χ3v) is 1.56. The first-order chi connectivity index (χ1) is 6.39. The highest BCUT2D eigenvalue weighted by molar-refractivity contribution is 5.84. The van der Waals surface area contributed by atoms with E-state index >= 15 is 0 Å². The summed E-state index contributed by atoms with van der Waals surface area (Å²) in [6.07, 6.45) is 0. The summed E-state index contributed by atoms with van der Waals surface area (Å²) in [6.45, 7) is 5.17. The van der Waals surface area contributed by atoms with Crippen LogP contribution in [0.25, 0.3) is 0 Å². The van der Waals surface area contributed by atoms with Crippen molar-refractivity contribution in [3.8, 4) is 0 Å². The average molecular weight is 198 g/mol. The summed E-state index contributed by atoms with van der Waals surface area (Å²) < 4.78 is 4.81. The van der Waals surface area contributed by atoms with Crippen LogP contribution in [0.15, 0.2) is 4.52 Å². The molecule has 1 amide bonds. The van der Waals surface area contributed by atoms with Crippen molar-refractivity contribution in [2.45, 2.75) is 32.9 Å². The Hall–Kier alpha value is -1.43. The molecule has 0 spiro atoms. The molecule has 0 aliphatic rings. The van der Waals surface area contributed by atoms with Crippen molar-refractivity contribution in [3.63, 3.8) is 0 Å². The van der Waals surface area contributed by atoms with Gasteiger partial charge in [-0.1, -0.05) is 5.16 Å². The molecule has 0 aliphatic heterocycles. The minimum absolute atomic E-state index is 0.209. The number of nitrogens with one attached hydrogen (secondary N) is 1. The van der Waals surface area contributed by atoms with Gasteiger partial charge in [0.05, 0.1) is 12.1 Å². The van der Waals surface area contributed by atoms with E-state index in [4.69, 9.17) is 10.3 Å². The Balaban J connectivity index is 2.46. The minimum Gasteiger partial charge on any atom is -0.345 e. The molecule has 1 aromatic rings. The highest BCUT2D eigenvalue weighted by Gasteiger charge is 2.21. The van der Waals surface area contributed by atoms with E-state index in [0.717, 1.165) is 0 Å². The van der Waals surface area contributed by atoms with Gasteiger partial charge in [-0.05, 0) is 20.8 Å². The second-order valence-electron chi connectivity index (χ2n) is 3.64. The zero-order chi connectivity index (χ0) is 10.8. The standard InChI is InChI=1S/C8H14N4O2/c1-5-11-6(14-12-5)4-10-7(13)8(2,3)9/h4,9H2,1-3H3,(H,10,13). The lowest BCUT2D eigenvalue weighted by Gasteiger charge is -2.16. The van der Waals surface area contributed by atoms with Crippen molar-refractivity contribution in [2.24, 2.45) is 5.73 Å². The lowest BCUT2D eigenvalue weighted by atomic mass is 10.1. The minimum atomic E-state index is -0.894. The van der Waals surface area contributed by atoms with Gasteiger partial charge in [-0.15, -0.1) is 0 Å². The Morgan fingerprint density at radius 1 is 1.64 bits per heavy atom. The van der Waals surface area contributed by atoms with E-state index < -0.39 is 5.54 Å². The van der Waals surface area contributed by atoms with Gasteiger partial charge in [0.1, 0.15) is 0 Å². The molecule has 3 N–H and O–H groups in total. The second kappa shape index (κ2) is 3.75. The van der Waals surface area contributed by atoms with Crippen LogP contribution in [0.4, 0.5) is 0 Å². The zero-order valence-electron chi connectivity index (χ0n) is 8.50. The molecule has 0 aliphatic carbocycles. The third-order valence-electron chi connectivity index (χ3n) is 1.56. The van der Waals surface area contributed by atoms with Gasteiger partial charge in [-0.2, -0.15) is 4.98 Å². The summed E-state index contributed by atoms with van der Waals surface area (Å²) in [5.74, 6) is 0.662. The van der Waals surface area contributed by atoms with Gasteiger partial charge < -0.3 is 15.6 Å². The topological polar surface area (TPSA) is 94.0 Å². The first-order valence-electron chi connectivity index (χ1n) is 4.26. The van der Waals surface area contributed by atoms with Gasteiger partial charge in [0.25, 0.3) is 0 Å². The molecule has 1 heterocycles. The molecular weight excluding hydrogens is 184 g/mol. The number of hydrogen-bond donors (Lipinski definition) is 2. The maximum atomic E-state index is 11.3. The van der Waals surface area contributed by atoms with Crippen LogP contribution in [0.2, 0.25) is 0 Å². The van der Waals surface area contributed by atoms with Crippen molar-refractivity contribution < 1.29 is 9.32 Å². The molecule has 0 unspecified atom stereocenters. The van der Waals surface area contributed by atoms with E-state index in [1.165, 1.54) is 0 Å². The highest BCUT2D eigenvalue weighted by atomic mass is 16.5. The van der Waals surface area contributed by atoms with Crippen molar-refractivity contribution in [2.75, 3.05) is 0 Å².